The summed E-state index contributed by atoms with van der Waals surface area (Å²) in [6.45, 7) is 11.2. The Hall–Kier alpha value is -0.640. The van der Waals surface area contributed by atoms with Crippen LogP contribution in [0.1, 0.15) is 66.7 Å². The fraction of sp³-hybridized carbons (Fsp3) is 0.875. The van der Waals surface area contributed by atoms with Crippen LogP contribution in [0.5, 0.6) is 0 Å². The van der Waals surface area contributed by atoms with E-state index < -0.39 is 0 Å². The summed E-state index contributed by atoms with van der Waals surface area (Å²) in [6.07, 6.45) is 4.90. The number of hydrogen-bond donors (Lipinski definition) is 2. The Kier molecular flexibility index (Phi) is 5.59. The van der Waals surface area contributed by atoms with Crippen molar-refractivity contribution in [3.05, 3.63) is 0 Å². The van der Waals surface area contributed by atoms with E-state index in [0.29, 0.717) is 4.99 Å². The Morgan fingerprint density at radius 1 is 1.30 bits per heavy atom. The molecule has 0 radical (unpaired) electrons. The second kappa shape index (κ2) is 6.42. The lowest BCUT2D eigenvalue weighted by atomic mass is 9.63. The van der Waals surface area contributed by atoms with Gasteiger partial charge in [-0.25, -0.2) is 0 Å². The minimum absolute atomic E-state index is 0.0119. The SMILES string of the molecule is CCCC(C(=O)NC1CC(C)(C)CC(C)(C)C1)C(N)=S. The normalized spacial score (nSPS) is 23.1. The molecule has 1 atom stereocenters. The first-order chi connectivity index (χ1) is 9.06. The van der Waals surface area contributed by atoms with Gasteiger partial charge in [0.1, 0.15) is 0 Å². The first kappa shape index (κ1) is 17.4. The molecule has 1 fully saturated rings. The highest BCUT2D eigenvalue weighted by atomic mass is 32.1. The summed E-state index contributed by atoms with van der Waals surface area (Å²) in [7, 11) is 0. The molecule has 0 heterocycles. The summed E-state index contributed by atoms with van der Waals surface area (Å²) in [6, 6.07) is 0.231. The second-order valence-electron chi connectivity index (χ2n) is 7.86. The van der Waals surface area contributed by atoms with Crippen molar-refractivity contribution in [3.8, 4) is 0 Å². The number of carbonyl (C=O) groups excluding carboxylic acids is 1. The van der Waals surface area contributed by atoms with E-state index in [1.54, 1.807) is 0 Å². The molecule has 0 aromatic rings. The average molecular weight is 298 g/mol. The third kappa shape index (κ3) is 5.04. The summed E-state index contributed by atoms with van der Waals surface area (Å²) >= 11 is 5.03. The predicted octanol–water partition coefficient (Wildman–Crippen LogP) is 3.41. The smallest absolute Gasteiger partial charge is 0.230 e. The molecule has 0 aromatic heterocycles. The van der Waals surface area contributed by atoms with Crippen molar-refractivity contribution in [2.45, 2.75) is 72.8 Å². The minimum Gasteiger partial charge on any atom is -0.393 e. The quantitative estimate of drug-likeness (QED) is 0.765. The van der Waals surface area contributed by atoms with E-state index >= 15 is 0 Å². The first-order valence-electron chi connectivity index (χ1n) is 7.66. The second-order valence-corrected chi connectivity index (χ2v) is 8.33. The van der Waals surface area contributed by atoms with Crippen LogP contribution < -0.4 is 11.1 Å². The summed E-state index contributed by atoms with van der Waals surface area (Å²) in [5.41, 5.74) is 6.24. The van der Waals surface area contributed by atoms with Crippen molar-refractivity contribution < 1.29 is 4.79 Å². The van der Waals surface area contributed by atoms with Crippen molar-refractivity contribution in [1.82, 2.24) is 5.32 Å². The summed E-state index contributed by atoms with van der Waals surface area (Å²) in [5.74, 6) is -0.305. The third-order valence-corrected chi connectivity index (χ3v) is 4.42. The van der Waals surface area contributed by atoms with E-state index in [0.717, 1.165) is 25.7 Å². The summed E-state index contributed by atoms with van der Waals surface area (Å²) in [5, 5.41) is 3.19. The maximum Gasteiger partial charge on any atom is 0.230 e. The monoisotopic (exact) mass is 298 g/mol. The van der Waals surface area contributed by atoms with Gasteiger partial charge in [-0.15, -0.1) is 0 Å². The third-order valence-electron chi connectivity index (χ3n) is 4.14. The van der Waals surface area contributed by atoms with Gasteiger partial charge >= 0.3 is 0 Å². The van der Waals surface area contributed by atoms with Crippen LogP contribution in [0.4, 0.5) is 0 Å². The van der Waals surface area contributed by atoms with Gasteiger partial charge in [0, 0.05) is 6.04 Å². The molecule has 1 rings (SSSR count). The van der Waals surface area contributed by atoms with Gasteiger partial charge < -0.3 is 11.1 Å². The molecule has 20 heavy (non-hydrogen) atoms. The lowest BCUT2D eigenvalue weighted by Crippen LogP contribution is -2.49. The lowest BCUT2D eigenvalue weighted by molar-refractivity contribution is -0.124. The van der Waals surface area contributed by atoms with Crippen molar-refractivity contribution in [1.29, 1.82) is 0 Å². The van der Waals surface area contributed by atoms with E-state index in [-0.39, 0.29) is 28.7 Å². The largest absolute Gasteiger partial charge is 0.393 e. The zero-order valence-electron chi connectivity index (χ0n) is 13.6. The van der Waals surface area contributed by atoms with Gasteiger partial charge in [-0.2, -0.15) is 0 Å². The molecule has 3 nitrogen and oxygen atoms in total. The van der Waals surface area contributed by atoms with Gasteiger partial charge in [-0.1, -0.05) is 53.3 Å². The van der Waals surface area contributed by atoms with Crippen LogP contribution in [0.15, 0.2) is 0 Å². The van der Waals surface area contributed by atoms with Crippen LogP contribution in [0, 0.1) is 16.7 Å². The molecule has 1 aliphatic carbocycles. The molecule has 0 aromatic carbocycles. The maximum absolute atomic E-state index is 12.4. The van der Waals surface area contributed by atoms with Crippen LogP contribution in [-0.2, 0) is 4.79 Å². The fourth-order valence-electron chi connectivity index (χ4n) is 3.94. The number of nitrogens with one attached hydrogen (secondary N) is 1. The lowest BCUT2D eigenvalue weighted by Gasteiger charge is -2.45. The first-order valence-corrected chi connectivity index (χ1v) is 8.07. The number of amides is 1. The van der Waals surface area contributed by atoms with Crippen molar-refractivity contribution >= 4 is 23.1 Å². The molecule has 4 heteroatoms. The van der Waals surface area contributed by atoms with Crippen LogP contribution in [0.2, 0.25) is 0 Å². The molecule has 3 N–H and O–H groups in total. The van der Waals surface area contributed by atoms with Crippen LogP contribution >= 0.6 is 12.2 Å². The van der Waals surface area contributed by atoms with Crippen molar-refractivity contribution in [2.75, 3.05) is 0 Å². The predicted molar refractivity (Wildman–Crippen MR) is 88.5 cm³/mol. The van der Waals surface area contributed by atoms with Crippen LogP contribution in [0.25, 0.3) is 0 Å². The number of carbonyl (C=O) groups is 1. The Morgan fingerprint density at radius 3 is 2.20 bits per heavy atom. The number of thiocarbonyl (C=S) groups is 1. The molecular weight excluding hydrogens is 268 g/mol. The van der Waals surface area contributed by atoms with Gasteiger partial charge in [0.05, 0.1) is 10.9 Å². The molecular formula is C16H30N2OS. The van der Waals surface area contributed by atoms with Crippen LogP contribution in [0.3, 0.4) is 0 Å². The highest BCUT2D eigenvalue weighted by Gasteiger charge is 2.39. The highest BCUT2D eigenvalue weighted by molar-refractivity contribution is 7.80. The number of nitrogens with two attached hydrogens (primary N) is 1. The molecule has 1 amide bonds. The van der Waals surface area contributed by atoms with E-state index in [9.17, 15) is 4.79 Å². The van der Waals surface area contributed by atoms with Gasteiger partial charge in [-0.05, 0) is 36.5 Å². The molecule has 0 saturated heterocycles. The molecule has 0 bridgehead atoms. The average Bonchev–Trinajstić information content (AvgIpc) is 2.20. The van der Waals surface area contributed by atoms with Gasteiger partial charge in [0.15, 0.2) is 0 Å². The molecule has 0 aliphatic heterocycles. The molecule has 1 saturated carbocycles. The van der Waals surface area contributed by atoms with E-state index in [1.165, 1.54) is 6.42 Å². The Morgan fingerprint density at radius 2 is 1.80 bits per heavy atom. The van der Waals surface area contributed by atoms with Crippen LogP contribution in [-0.4, -0.2) is 16.9 Å². The van der Waals surface area contributed by atoms with Crippen molar-refractivity contribution in [2.24, 2.45) is 22.5 Å². The minimum atomic E-state index is -0.317. The molecule has 116 valence electrons. The number of rotatable bonds is 5. The van der Waals surface area contributed by atoms with E-state index in [2.05, 4.69) is 33.0 Å². The molecule has 1 unspecified atom stereocenters. The zero-order valence-corrected chi connectivity index (χ0v) is 14.4. The maximum atomic E-state index is 12.4. The van der Waals surface area contributed by atoms with Gasteiger partial charge in [0.2, 0.25) is 5.91 Å². The van der Waals surface area contributed by atoms with Crippen molar-refractivity contribution in [3.63, 3.8) is 0 Å². The van der Waals surface area contributed by atoms with Gasteiger partial charge in [-0.3, -0.25) is 4.79 Å². The number of hydrogen-bond acceptors (Lipinski definition) is 2. The zero-order chi connectivity index (χ0) is 15.6. The Labute approximate surface area is 129 Å². The highest BCUT2D eigenvalue weighted by Crippen LogP contribution is 2.45. The fourth-order valence-corrected chi connectivity index (χ4v) is 4.17. The molecule has 0 spiro atoms. The van der Waals surface area contributed by atoms with E-state index in [1.807, 2.05) is 6.92 Å². The summed E-state index contributed by atoms with van der Waals surface area (Å²) in [4.78, 5) is 12.7. The van der Waals surface area contributed by atoms with E-state index in [4.69, 9.17) is 18.0 Å². The Balaban J connectivity index is 2.71. The Bertz CT molecular complexity index is 361. The van der Waals surface area contributed by atoms with Gasteiger partial charge in [0.25, 0.3) is 0 Å². The molecule has 1 aliphatic rings. The summed E-state index contributed by atoms with van der Waals surface area (Å²) < 4.78 is 0. The standard InChI is InChI=1S/C16H30N2OS/c1-6-7-12(13(17)20)14(19)18-11-8-15(2,3)10-16(4,5)9-11/h11-12H,6-10H2,1-5H3,(H2,17,20)(H,18,19). The topological polar surface area (TPSA) is 55.1 Å².